The van der Waals surface area contributed by atoms with E-state index in [4.69, 9.17) is 9.84 Å². The number of nitro benzene ring substituents is 1. The molecular formula is C30H35N5O10. The Kier molecular flexibility index (Phi) is 12.1. The summed E-state index contributed by atoms with van der Waals surface area (Å²) in [5.41, 5.74) is 0.540. The number of aliphatic carboxylic acids is 1. The fourth-order valence-corrected chi connectivity index (χ4v) is 4.69. The molecule has 0 spiro atoms. The molecule has 15 heteroatoms. The highest BCUT2D eigenvalue weighted by Crippen LogP contribution is 2.21. The van der Waals surface area contributed by atoms with Crippen LogP contribution in [-0.4, -0.2) is 81.2 Å². The summed E-state index contributed by atoms with van der Waals surface area (Å²) in [5.74, 6) is -4.36. The zero-order valence-corrected chi connectivity index (χ0v) is 24.8. The van der Waals surface area contributed by atoms with E-state index in [9.17, 15) is 38.9 Å². The van der Waals surface area contributed by atoms with Gasteiger partial charge in [0.15, 0.2) is 0 Å². The van der Waals surface area contributed by atoms with Gasteiger partial charge < -0.3 is 30.7 Å². The van der Waals surface area contributed by atoms with Crippen molar-refractivity contribution >= 4 is 41.3 Å². The predicted octanol–water partition coefficient (Wildman–Crippen LogP) is 1.09. The van der Waals surface area contributed by atoms with E-state index in [1.54, 1.807) is 30.3 Å². The summed E-state index contributed by atoms with van der Waals surface area (Å²) in [6.07, 6.45) is 0.176. The van der Waals surface area contributed by atoms with Gasteiger partial charge in [0, 0.05) is 31.5 Å². The maximum Gasteiger partial charge on any atom is 0.334 e. The molecule has 4 amide bonds. The first-order valence-electron chi connectivity index (χ1n) is 14.3. The standard InChI is InChI=1S/C30H35N5O10/c1-18(31-25(36)14-15-26(37)38)27(39)32-19(2)29(41)34-16-6-9-24(34)28(40)33-23(17-20-7-4-3-5-8-20)30(42)45-22-12-10-21(11-13-22)35(43)44/h3-5,7-8,10-13,18-19,23-24H,6,9,14-17H2,1-2H3,(H,31,36)(H,32,39)(H,33,40)(H,37,38)/t18-,19-,23-,24-/m0/s1. The van der Waals surface area contributed by atoms with E-state index in [0.717, 1.165) is 5.56 Å². The summed E-state index contributed by atoms with van der Waals surface area (Å²) < 4.78 is 5.42. The average Bonchev–Trinajstić information content (AvgIpc) is 3.50. The van der Waals surface area contributed by atoms with Gasteiger partial charge in [-0.3, -0.25) is 34.1 Å². The lowest BCUT2D eigenvalue weighted by atomic mass is 10.0. The fraction of sp³-hybridized carbons (Fsp3) is 0.400. The van der Waals surface area contributed by atoms with Crippen molar-refractivity contribution in [2.75, 3.05) is 6.54 Å². The first-order valence-corrected chi connectivity index (χ1v) is 14.3. The van der Waals surface area contributed by atoms with Gasteiger partial charge >= 0.3 is 11.9 Å². The lowest BCUT2D eigenvalue weighted by molar-refractivity contribution is -0.384. The number of nitrogens with one attached hydrogen (secondary N) is 3. The number of carboxylic acids is 1. The van der Waals surface area contributed by atoms with Crippen LogP contribution in [0.4, 0.5) is 5.69 Å². The third-order valence-electron chi connectivity index (χ3n) is 7.05. The Morgan fingerprint density at radius 3 is 2.24 bits per heavy atom. The van der Waals surface area contributed by atoms with Gasteiger partial charge in [0.1, 0.15) is 29.9 Å². The van der Waals surface area contributed by atoms with Crippen LogP contribution in [0.2, 0.25) is 0 Å². The van der Waals surface area contributed by atoms with Gasteiger partial charge in [0.2, 0.25) is 23.6 Å². The molecule has 240 valence electrons. The van der Waals surface area contributed by atoms with Crippen molar-refractivity contribution in [1.29, 1.82) is 0 Å². The number of carbonyl (C=O) groups excluding carboxylic acids is 5. The second-order valence-electron chi connectivity index (χ2n) is 10.5. The molecule has 15 nitrogen and oxygen atoms in total. The normalized spacial score (nSPS) is 16.0. The Morgan fingerprint density at radius 1 is 0.956 bits per heavy atom. The number of carboxylic acid groups (broad SMARTS) is 1. The van der Waals surface area contributed by atoms with Crippen molar-refractivity contribution < 1.29 is 43.5 Å². The number of hydrogen-bond donors (Lipinski definition) is 4. The maximum absolute atomic E-state index is 13.5. The minimum absolute atomic E-state index is 0.0486. The molecule has 2 aromatic carbocycles. The van der Waals surface area contributed by atoms with Crippen LogP contribution in [0.3, 0.4) is 0 Å². The molecule has 1 saturated heterocycles. The Labute approximate surface area is 258 Å². The highest BCUT2D eigenvalue weighted by molar-refractivity contribution is 5.95. The highest BCUT2D eigenvalue weighted by Gasteiger charge is 2.38. The van der Waals surface area contributed by atoms with Crippen molar-refractivity contribution in [2.24, 2.45) is 0 Å². The molecule has 0 aliphatic carbocycles. The molecule has 1 aliphatic heterocycles. The number of non-ortho nitro benzene ring substituents is 1. The van der Waals surface area contributed by atoms with Crippen molar-refractivity contribution in [3.05, 3.63) is 70.3 Å². The summed E-state index contributed by atoms with van der Waals surface area (Å²) >= 11 is 0. The van der Waals surface area contributed by atoms with E-state index >= 15 is 0 Å². The maximum atomic E-state index is 13.5. The van der Waals surface area contributed by atoms with Crippen LogP contribution < -0.4 is 20.7 Å². The number of likely N-dealkylation sites (tertiary alicyclic amines) is 1. The van der Waals surface area contributed by atoms with Crippen LogP contribution in [0.5, 0.6) is 5.75 Å². The zero-order valence-electron chi connectivity index (χ0n) is 24.8. The monoisotopic (exact) mass is 625 g/mol. The van der Waals surface area contributed by atoms with E-state index in [1.165, 1.54) is 43.0 Å². The van der Waals surface area contributed by atoms with E-state index in [2.05, 4.69) is 16.0 Å². The number of nitro groups is 1. The van der Waals surface area contributed by atoms with Gasteiger partial charge in [0.25, 0.3) is 5.69 Å². The van der Waals surface area contributed by atoms with Gasteiger partial charge in [0.05, 0.1) is 11.3 Å². The van der Waals surface area contributed by atoms with Gasteiger partial charge in [-0.2, -0.15) is 0 Å². The largest absolute Gasteiger partial charge is 0.481 e. The van der Waals surface area contributed by atoms with Crippen molar-refractivity contribution in [3.63, 3.8) is 0 Å². The molecule has 1 heterocycles. The quantitative estimate of drug-likeness (QED) is 0.101. The number of nitrogens with zero attached hydrogens (tertiary/aromatic N) is 2. The molecule has 1 fully saturated rings. The first kappa shape index (κ1) is 34.2. The smallest absolute Gasteiger partial charge is 0.334 e. The molecule has 0 bridgehead atoms. The molecule has 0 saturated carbocycles. The second-order valence-corrected chi connectivity index (χ2v) is 10.5. The average molecular weight is 626 g/mol. The summed E-state index contributed by atoms with van der Waals surface area (Å²) in [5, 5.41) is 27.2. The lowest BCUT2D eigenvalue weighted by Gasteiger charge is -2.29. The van der Waals surface area contributed by atoms with E-state index < -0.39 is 71.1 Å². The molecular weight excluding hydrogens is 590 g/mol. The van der Waals surface area contributed by atoms with Gasteiger partial charge in [-0.15, -0.1) is 0 Å². The van der Waals surface area contributed by atoms with Crippen LogP contribution in [0.25, 0.3) is 0 Å². The van der Waals surface area contributed by atoms with Crippen LogP contribution >= 0.6 is 0 Å². The number of carbonyl (C=O) groups is 6. The third kappa shape index (κ3) is 10.1. The third-order valence-corrected chi connectivity index (χ3v) is 7.05. The molecule has 4 N–H and O–H groups in total. The van der Waals surface area contributed by atoms with Crippen LogP contribution in [-0.2, 0) is 35.2 Å². The first-order chi connectivity index (χ1) is 21.3. The second kappa shape index (κ2) is 15.9. The van der Waals surface area contributed by atoms with Crippen molar-refractivity contribution in [2.45, 2.75) is 70.1 Å². The number of ether oxygens (including phenoxy) is 1. The minimum atomic E-state index is -1.16. The summed E-state index contributed by atoms with van der Waals surface area (Å²) in [6.45, 7) is 3.06. The number of amides is 4. The summed E-state index contributed by atoms with van der Waals surface area (Å²) in [7, 11) is 0. The Balaban J connectivity index is 1.65. The van der Waals surface area contributed by atoms with Gasteiger partial charge in [-0.1, -0.05) is 30.3 Å². The number of benzene rings is 2. The van der Waals surface area contributed by atoms with E-state index in [1.807, 2.05) is 0 Å². The molecule has 0 unspecified atom stereocenters. The molecule has 2 aromatic rings. The predicted molar refractivity (Wildman–Crippen MR) is 158 cm³/mol. The van der Waals surface area contributed by atoms with Crippen LogP contribution in [0.15, 0.2) is 54.6 Å². The van der Waals surface area contributed by atoms with Gasteiger partial charge in [-0.05, 0) is 44.4 Å². The van der Waals surface area contributed by atoms with E-state index in [-0.39, 0.29) is 30.8 Å². The molecule has 0 aromatic heterocycles. The van der Waals surface area contributed by atoms with E-state index in [0.29, 0.717) is 12.8 Å². The molecule has 0 radical (unpaired) electrons. The molecule has 1 aliphatic rings. The highest BCUT2D eigenvalue weighted by atomic mass is 16.6. The molecule has 3 rings (SSSR count). The fourth-order valence-electron chi connectivity index (χ4n) is 4.69. The number of esters is 1. The van der Waals surface area contributed by atoms with Crippen LogP contribution in [0, 0.1) is 10.1 Å². The van der Waals surface area contributed by atoms with Crippen molar-refractivity contribution in [1.82, 2.24) is 20.9 Å². The Morgan fingerprint density at radius 2 is 1.62 bits per heavy atom. The minimum Gasteiger partial charge on any atom is -0.481 e. The molecule has 4 atom stereocenters. The molecule has 45 heavy (non-hydrogen) atoms. The number of rotatable bonds is 14. The Hall–Kier alpha value is -5.34. The van der Waals surface area contributed by atoms with Crippen LogP contribution in [0.1, 0.15) is 45.1 Å². The van der Waals surface area contributed by atoms with Crippen molar-refractivity contribution in [3.8, 4) is 5.75 Å². The zero-order chi connectivity index (χ0) is 33.1. The lowest BCUT2D eigenvalue weighted by Crippen LogP contribution is -2.56. The number of hydrogen-bond acceptors (Lipinski definition) is 9. The Bertz CT molecular complexity index is 1420. The SMILES string of the molecule is C[C@H](NC(=O)CCC(=O)O)C(=O)N[C@@H](C)C(=O)N1CCC[C@H]1C(=O)N[C@@H](Cc1ccccc1)C(=O)Oc1ccc([N+](=O)[O-])cc1. The topological polar surface area (TPSA) is 214 Å². The van der Waals surface area contributed by atoms with Gasteiger partial charge in [-0.25, -0.2) is 4.79 Å². The summed E-state index contributed by atoms with van der Waals surface area (Å²) in [6, 6.07) is 9.58. The summed E-state index contributed by atoms with van der Waals surface area (Å²) in [4.78, 5) is 86.7.